The Kier molecular flexibility index (Phi) is 9.13. The molecule has 0 aromatic heterocycles. The molecule has 56 heavy (non-hydrogen) atoms. The van der Waals surface area contributed by atoms with Crippen LogP contribution in [0.25, 0.3) is 22.8 Å². The second kappa shape index (κ2) is 14.3. The van der Waals surface area contributed by atoms with Gasteiger partial charge in [-0.05, 0) is 124 Å². The van der Waals surface area contributed by atoms with E-state index in [4.69, 9.17) is 0 Å². The zero-order valence-corrected chi connectivity index (χ0v) is 33.4. The van der Waals surface area contributed by atoms with Crippen molar-refractivity contribution < 1.29 is 0 Å². The van der Waals surface area contributed by atoms with Crippen molar-refractivity contribution in [3.8, 4) is 11.1 Å². The lowest BCUT2D eigenvalue weighted by atomic mass is 9.61. The van der Waals surface area contributed by atoms with Crippen LogP contribution in [-0.2, 0) is 17.3 Å². The van der Waals surface area contributed by atoms with Crippen LogP contribution in [0.5, 0.6) is 0 Å². The summed E-state index contributed by atoms with van der Waals surface area (Å²) in [5.41, 5.74) is 19.7. The van der Waals surface area contributed by atoms with Gasteiger partial charge in [-0.15, -0.1) is 0 Å². The minimum absolute atomic E-state index is 0.126. The molecule has 5 aromatic rings. The van der Waals surface area contributed by atoms with Crippen molar-refractivity contribution in [2.45, 2.75) is 64.7 Å². The highest BCUT2D eigenvalue weighted by Gasteiger charge is 2.50. The van der Waals surface area contributed by atoms with Gasteiger partial charge in [0, 0.05) is 22.4 Å². The van der Waals surface area contributed by atoms with Gasteiger partial charge in [-0.25, -0.2) is 0 Å². The predicted molar refractivity (Wildman–Crippen MR) is 239 cm³/mol. The highest BCUT2D eigenvalue weighted by atomic mass is 15.1. The predicted octanol–water partition coefficient (Wildman–Crippen LogP) is 14.4. The SMILES string of the molecule is C/C=C\C(=C/C1=Cc2ccccc2C1(C)C)N(c1ccc2c(c1)C(c1ccccc1)(C1C=CC=CC1)C1=C2CC=C1)c1cccc2c1-c1ccccc1C2.CC. The number of anilines is 2. The minimum atomic E-state index is -0.296. The van der Waals surface area contributed by atoms with E-state index in [1.165, 1.54) is 78.2 Å². The lowest BCUT2D eigenvalue weighted by Gasteiger charge is -2.41. The maximum Gasteiger partial charge on any atom is 0.0543 e. The zero-order valence-electron chi connectivity index (χ0n) is 33.4. The van der Waals surface area contributed by atoms with E-state index in [1.54, 1.807) is 0 Å². The maximum atomic E-state index is 2.56. The van der Waals surface area contributed by atoms with Crippen LogP contribution in [-0.4, -0.2) is 0 Å². The molecule has 276 valence electrons. The summed E-state index contributed by atoms with van der Waals surface area (Å²) in [6.45, 7) is 10.9. The third-order valence-corrected chi connectivity index (χ3v) is 12.7. The lowest BCUT2D eigenvalue weighted by Crippen LogP contribution is -2.36. The van der Waals surface area contributed by atoms with E-state index in [2.05, 4.69) is 202 Å². The Morgan fingerprint density at radius 1 is 0.750 bits per heavy atom. The summed E-state index contributed by atoms with van der Waals surface area (Å²) in [5, 5.41) is 0. The number of nitrogens with zero attached hydrogens (tertiary/aromatic N) is 1. The third kappa shape index (κ3) is 5.43. The van der Waals surface area contributed by atoms with Crippen LogP contribution in [0.1, 0.15) is 86.4 Å². The molecule has 0 bridgehead atoms. The molecule has 2 unspecified atom stereocenters. The molecule has 0 fully saturated rings. The molecule has 0 saturated heterocycles. The highest BCUT2D eigenvalue weighted by molar-refractivity contribution is 5.94. The lowest BCUT2D eigenvalue weighted by molar-refractivity contribution is 0.454. The van der Waals surface area contributed by atoms with Gasteiger partial charge in [0.15, 0.2) is 0 Å². The molecule has 1 nitrogen and oxygen atoms in total. The zero-order chi connectivity index (χ0) is 38.4. The number of allylic oxidation sites excluding steroid dienone is 12. The monoisotopic (exact) mass is 725 g/mol. The van der Waals surface area contributed by atoms with Crippen molar-refractivity contribution in [3.05, 3.63) is 226 Å². The molecule has 0 amide bonds. The van der Waals surface area contributed by atoms with Crippen molar-refractivity contribution in [3.63, 3.8) is 0 Å². The van der Waals surface area contributed by atoms with Gasteiger partial charge in [-0.2, -0.15) is 0 Å². The molecule has 0 spiro atoms. The molecule has 0 radical (unpaired) electrons. The summed E-state index contributed by atoms with van der Waals surface area (Å²) in [7, 11) is 0. The number of hydrogen-bond donors (Lipinski definition) is 0. The first-order valence-electron chi connectivity index (χ1n) is 20.6. The van der Waals surface area contributed by atoms with Crippen molar-refractivity contribution >= 4 is 23.0 Å². The van der Waals surface area contributed by atoms with E-state index >= 15 is 0 Å². The molecule has 5 aromatic carbocycles. The van der Waals surface area contributed by atoms with Crippen LogP contribution >= 0.6 is 0 Å². The normalized spacial score (nSPS) is 20.6. The fourth-order valence-electron chi connectivity index (χ4n) is 10.3. The molecule has 1 heteroatoms. The van der Waals surface area contributed by atoms with Gasteiger partial charge in [-0.3, -0.25) is 0 Å². The van der Waals surface area contributed by atoms with Crippen molar-refractivity contribution in [1.82, 2.24) is 0 Å². The van der Waals surface area contributed by atoms with Gasteiger partial charge >= 0.3 is 0 Å². The molecular formula is C55H51N. The first-order valence-corrected chi connectivity index (χ1v) is 20.6. The summed E-state index contributed by atoms with van der Waals surface area (Å²) >= 11 is 0. The van der Waals surface area contributed by atoms with E-state index in [-0.39, 0.29) is 10.8 Å². The molecule has 5 aliphatic rings. The molecule has 0 saturated carbocycles. The summed E-state index contributed by atoms with van der Waals surface area (Å²) in [5.74, 6) is 0.295. The van der Waals surface area contributed by atoms with E-state index in [1.807, 2.05) is 13.8 Å². The highest BCUT2D eigenvalue weighted by Crippen LogP contribution is 2.60. The fraction of sp³-hybridized carbons (Fsp3) is 0.200. The molecular weight excluding hydrogens is 675 g/mol. The Balaban J connectivity index is 0.00000202. The summed E-state index contributed by atoms with van der Waals surface area (Å²) in [6.07, 6.45) is 26.4. The van der Waals surface area contributed by atoms with Crippen molar-refractivity contribution in [2.75, 3.05) is 4.90 Å². The first kappa shape index (κ1) is 35.8. The van der Waals surface area contributed by atoms with E-state index in [9.17, 15) is 0 Å². The van der Waals surface area contributed by atoms with E-state index in [0.717, 1.165) is 25.0 Å². The number of hydrogen-bond acceptors (Lipinski definition) is 1. The molecule has 10 rings (SSSR count). The van der Waals surface area contributed by atoms with Crippen LogP contribution in [0.4, 0.5) is 11.4 Å². The molecule has 2 atom stereocenters. The summed E-state index contributed by atoms with van der Waals surface area (Å²) in [6, 6.07) is 43.5. The second-order valence-electron chi connectivity index (χ2n) is 15.9. The van der Waals surface area contributed by atoms with Gasteiger partial charge in [-0.1, -0.05) is 173 Å². The van der Waals surface area contributed by atoms with E-state index < -0.39 is 0 Å². The number of fused-ring (bicyclic) bond motifs is 6. The van der Waals surface area contributed by atoms with E-state index in [0.29, 0.717) is 5.92 Å². The smallest absolute Gasteiger partial charge is 0.0543 e. The average Bonchev–Trinajstić information content (AvgIpc) is 4.00. The Hall–Kier alpha value is -5.92. The average molecular weight is 726 g/mol. The topological polar surface area (TPSA) is 3.24 Å². The van der Waals surface area contributed by atoms with Gasteiger partial charge in [0.2, 0.25) is 0 Å². The Bertz CT molecular complexity index is 2560. The van der Waals surface area contributed by atoms with Crippen LogP contribution in [0.3, 0.4) is 0 Å². The third-order valence-electron chi connectivity index (χ3n) is 12.7. The second-order valence-corrected chi connectivity index (χ2v) is 15.9. The van der Waals surface area contributed by atoms with Crippen LogP contribution < -0.4 is 4.90 Å². The minimum Gasteiger partial charge on any atom is -0.310 e. The first-order chi connectivity index (χ1) is 27.5. The summed E-state index contributed by atoms with van der Waals surface area (Å²) < 4.78 is 0. The standard InChI is InChI=1S/C53H45N.C2H6/c1-4-17-42(34-41-33-37-19-12-14-27-47(37)52(41,2)3)54(50-29-15-20-38-32-36-18-11-13-25-44(36)51(38)50)43-30-31-46-45-26-16-28-48(45)53(49(46)35-43,39-21-7-5-8-22-39)40-23-9-6-10-24-40;1-2/h4-23,25,27-31,33-35,40H,24,26,32H2,1-3H3;1-2H3/b17-4-,42-34+;. The van der Waals surface area contributed by atoms with Crippen LogP contribution in [0.2, 0.25) is 0 Å². The van der Waals surface area contributed by atoms with Crippen LogP contribution in [0.15, 0.2) is 187 Å². The Morgan fingerprint density at radius 2 is 1.54 bits per heavy atom. The fourth-order valence-corrected chi connectivity index (χ4v) is 10.3. The van der Waals surface area contributed by atoms with Gasteiger partial charge < -0.3 is 4.90 Å². The largest absolute Gasteiger partial charge is 0.310 e. The van der Waals surface area contributed by atoms with Gasteiger partial charge in [0.25, 0.3) is 0 Å². The molecule has 0 aliphatic heterocycles. The number of rotatable bonds is 7. The molecule has 0 N–H and O–H groups in total. The van der Waals surface area contributed by atoms with Crippen molar-refractivity contribution in [2.24, 2.45) is 5.92 Å². The molecule has 5 aliphatic carbocycles. The molecule has 0 heterocycles. The van der Waals surface area contributed by atoms with Gasteiger partial charge in [0.05, 0.1) is 11.1 Å². The number of benzene rings is 5. The van der Waals surface area contributed by atoms with Crippen molar-refractivity contribution in [1.29, 1.82) is 0 Å². The van der Waals surface area contributed by atoms with Gasteiger partial charge in [0.1, 0.15) is 0 Å². The maximum absolute atomic E-state index is 2.56. The Labute approximate surface area is 334 Å². The summed E-state index contributed by atoms with van der Waals surface area (Å²) in [4.78, 5) is 2.56. The van der Waals surface area contributed by atoms with Crippen LogP contribution in [0, 0.1) is 5.92 Å². The quantitative estimate of drug-likeness (QED) is 0.148. The Morgan fingerprint density at radius 3 is 2.34 bits per heavy atom.